The minimum Gasteiger partial charge on any atom is -0.355 e. The van der Waals surface area contributed by atoms with Crippen LogP contribution < -0.4 is 10.6 Å². The zero-order chi connectivity index (χ0) is 18.1. The summed E-state index contributed by atoms with van der Waals surface area (Å²) in [6.07, 6.45) is 0. The van der Waals surface area contributed by atoms with Gasteiger partial charge in [-0.25, -0.2) is 4.79 Å². The molecule has 1 fully saturated rings. The van der Waals surface area contributed by atoms with Crippen molar-refractivity contribution in [3.8, 4) is 0 Å². The van der Waals surface area contributed by atoms with Gasteiger partial charge in [-0.15, -0.1) is 0 Å². The van der Waals surface area contributed by atoms with Gasteiger partial charge in [0, 0.05) is 6.54 Å². The van der Waals surface area contributed by atoms with Crippen molar-refractivity contribution in [2.45, 2.75) is 45.6 Å². The molecule has 0 saturated carbocycles. The second-order valence-electron chi connectivity index (χ2n) is 7.23. The van der Waals surface area contributed by atoms with Crippen LogP contribution in [0.15, 0.2) is 24.3 Å². The predicted octanol–water partition coefficient (Wildman–Crippen LogP) is 1.89. The lowest BCUT2D eigenvalue weighted by Gasteiger charge is -2.24. The lowest BCUT2D eigenvalue weighted by Crippen LogP contribution is -2.43. The molecule has 0 radical (unpaired) electrons. The largest absolute Gasteiger partial charge is 0.355 e. The van der Waals surface area contributed by atoms with E-state index in [1.165, 1.54) is 0 Å². The van der Waals surface area contributed by atoms with Crippen LogP contribution in [0.4, 0.5) is 4.79 Å². The predicted molar refractivity (Wildman–Crippen MR) is 91.4 cm³/mol. The summed E-state index contributed by atoms with van der Waals surface area (Å²) in [4.78, 5) is 37.5. The van der Waals surface area contributed by atoms with E-state index in [1.54, 1.807) is 13.8 Å². The number of carbonyl (C=O) groups excluding carboxylic acids is 3. The summed E-state index contributed by atoms with van der Waals surface area (Å²) >= 11 is 0. The van der Waals surface area contributed by atoms with Gasteiger partial charge < -0.3 is 10.6 Å². The number of benzene rings is 1. The summed E-state index contributed by atoms with van der Waals surface area (Å²) in [5, 5.41) is 5.30. The van der Waals surface area contributed by atoms with E-state index in [9.17, 15) is 14.4 Å². The molecular weight excluding hydrogens is 306 g/mol. The summed E-state index contributed by atoms with van der Waals surface area (Å²) in [5.74, 6) is -0.768. The van der Waals surface area contributed by atoms with Crippen molar-refractivity contribution in [3.05, 3.63) is 35.4 Å². The Morgan fingerprint density at radius 1 is 1.21 bits per heavy atom. The number of hydrogen-bond acceptors (Lipinski definition) is 3. The molecule has 0 aliphatic carbocycles. The SMILES string of the molecule is CCNC(=O)CN1C(=O)N[C@@](C)(c2ccc(C(C)(C)C)cc2)C1=O. The van der Waals surface area contributed by atoms with Gasteiger partial charge in [-0.3, -0.25) is 14.5 Å². The van der Waals surface area contributed by atoms with Crippen molar-refractivity contribution in [1.82, 2.24) is 15.5 Å². The molecule has 6 nitrogen and oxygen atoms in total. The van der Waals surface area contributed by atoms with E-state index in [2.05, 4.69) is 31.4 Å². The second kappa shape index (κ2) is 6.26. The highest BCUT2D eigenvalue weighted by Gasteiger charge is 2.49. The highest BCUT2D eigenvalue weighted by atomic mass is 16.2. The zero-order valence-electron chi connectivity index (χ0n) is 14.9. The van der Waals surface area contributed by atoms with Crippen LogP contribution >= 0.6 is 0 Å². The molecule has 0 bridgehead atoms. The van der Waals surface area contributed by atoms with Gasteiger partial charge in [0.05, 0.1) is 0 Å². The Bertz CT molecular complexity index is 661. The summed E-state index contributed by atoms with van der Waals surface area (Å²) in [6, 6.07) is 7.09. The van der Waals surface area contributed by atoms with Crippen molar-refractivity contribution in [3.63, 3.8) is 0 Å². The van der Waals surface area contributed by atoms with Crippen LogP contribution in [0.25, 0.3) is 0 Å². The molecule has 1 aliphatic heterocycles. The van der Waals surface area contributed by atoms with Crippen LogP contribution in [0.2, 0.25) is 0 Å². The Labute approximate surface area is 142 Å². The Hall–Kier alpha value is -2.37. The van der Waals surface area contributed by atoms with Crippen molar-refractivity contribution in [1.29, 1.82) is 0 Å². The molecule has 1 aromatic rings. The lowest BCUT2D eigenvalue weighted by molar-refractivity contribution is -0.134. The molecule has 0 spiro atoms. The molecule has 1 atom stereocenters. The second-order valence-corrected chi connectivity index (χ2v) is 7.23. The van der Waals surface area contributed by atoms with Gasteiger partial charge in [0.25, 0.3) is 5.91 Å². The van der Waals surface area contributed by atoms with Gasteiger partial charge in [-0.2, -0.15) is 0 Å². The van der Waals surface area contributed by atoms with E-state index in [0.29, 0.717) is 12.1 Å². The van der Waals surface area contributed by atoms with Crippen LogP contribution in [0, 0.1) is 0 Å². The Morgan fingerprint density at radius 2 is 1.79 bits per heavy atom. The first-order valence-corrected chi connectivity index (χ1v) is 8.11. The molecule has 1 saturated heterocycles. The van der Waals surface area contributed by atoms with Gasteiger partial charge in [0.2, 0.25) is 5.91 Å². The number of nitrogens with zero attached hydrogens (tertiary/aromatic N) is 1. The fourth-order valence-corrected chi connectivity index (χ4v) is 2.74. The van der Waals surface area contributed by atoms with Crippen LogP contribution in [0.5, 0.6) is 0 Å². The summed E-state index contributed by atoms with van der Waals surface area (Å²) in [6.45, 7) is 9.96. The number of carbonyl (C=O) groups is 3. The molecule has 1 heterocycles. The average Bonchev–Trinajstić information content (AvgIpc) is 2.71. The number of imide groups is 1. The lowest BCUT2D eigenvalue weighted by atomic mass is 9.84. The number of nitrogens with one attached hydrogen (secondary N) is 2. The molecule has 0 aromatic heterocycles. The van der Waals surface area contributed by atoms with E-state index in [-0.39, 0.29) is 17.9 Å². The molecule has 0 unspecified atom stereocenters. The summed E-state index contributed by atoms with van der Waals surface area (Å²) in [7, 11) is 0. The molecule has 6 heteroatoms. The minimum atomic E-state index is -1.15. The quantitative estimate of drug-likeness (QED) is 0.827. The third-order valence-corrected chi connectivity index (χ3v) is 4.28. The Morgan fingerprint density at radius 3 is 2.29 bits per heavy atom. The Kier molecular flexibility index (Phi) is 4.69. The van der Waals surface area contributed by atoms with Gasteiger partial charge in [0.15, 0.2) is 0 Å². The zero-order valence-corrected chi connectivity index (χ0v) is 14.9. The highest BCUT2D eigenvalue weighted by molar-refractivity contribution is 6.09. The van der Waals surface area contributed by atoms with Crippen molar-refractivity contribution >= 4 is 17.8 Å². The van der Waals surface area contributed by atoms with E-state index >= 15 is 0 Å². The molecule has 1 aliphatic rings. The summed E-state index contributed by atoms with van der Waals surface area (Å²) in [5.41, 5.74) is 0.699. The van der Waals surface area contributed by atoms with E-state index in [4.69, 9.17) is 0 Å². The van der Waals surface area contributed by atoms with Gasteiger partial charge >= 0.3 is 6.03 Å². The molecule has 130 valence electrons. The number of likely N-dealkylation sites (N-methyl/N-ethyl adjacent to an activating group) is 1. The third kappa shape index (κ3) is 3.27. The molecule has 2 N–H and O–H groups in total. The minimum absolute atomic E-state index is 0.00659. The van der Waals surface area contributed by atoms with Crippen molar-refractivity contribution < 1.29 is 14.4 Å². The monoisotopic (exact) mass is 331 g/mol. The summed E-state index contributed by atoms with van der Waals surface area (Å²) < 4.78 is 0. The molecule has 24 heavy (non-hydrogen) atoms. The average molecular weight is 331 g/mol. The fourth-order valence-electron chi connectivity index (χ4n) is 2.74. The first-order valence-electron chi connectivity index (χ1n) is 8.11. The maximum Gasteiger partial charge on any atom is 0.325 e. The number of rotatable bonds is 4. The van der Waals surface area contributed by atoms with Crippen LogP contribution in [0.1, 0.15) is 45.7 Å². The molecular formula is C18H25N3O3. The van der Waals surface area contributed by atoms with Crippen molar-refractivity contribution in [2.75, 3.05) is 13.1 Å². The number of urea groups is 1. The van der Waals surface area contributed by atoms with Gasteiger partial charge in [-0.05, 0) is 30.4 Å². The third-order valence-electron chi connectivity index (χ3n) is 4.28. The highest BCUT2D eigenvalue weighted by Crippen LogP contribution is 2.30. The first kappa shape index (κ1) is 18.0. The molecule has 1 aromatic carbocycles. The maximum atomic E-state index is 12.7. The molecule has 2 rings (SSSR count). The smallest absolute Gasteiger partial charge is 0.325 e. The van der Waals surface area contributed by atoms with E-state index in [0.717, 1.165) is 10.5 Å². The maximum absolute atomic E-state index is 12.7. The topological polar surface area (TPSA) is 78.5 Å². The molecule has 4 amide bonds. The number of hydrogen-bond donors (Lipinski definition) is 2. The normalized spacial score (nSPS) is 21.0. The first-order chi connectivity index (χ1) is 11.1. The van der Waals surface area contributed by atoms with Gasteiger partial charge in [-0.1, -0.05) is 45.0 Å². The Balaban J connectivity index is 2.25. The van der Waals surface area contributed by atoms with Crippen molar-refractivity contribution in [2.24, 2.45) is 0 Å². The van der Waals surface area contributed by atoms with Crippen LogP contribution in [-0.2, 0) is 20.5 Å². The van der Waals surface area contributed by atoms with Crippen LogP contribution in [0.3, 0.4) is 0 Å². The van der Waals surface area contributed by atoms with E-state index in [1.807, 2.05) is 24.3 Å². The van der Waals surface area contributed by atoms with E-state index < -0.39 is 17.5 Å². The number of amides is 4. The van der Waals surface area contributed by atoms with Gasteiger partial charge in [0.1, 0.15) is 12.1 Å². The standard InChI is InChI=1S/C18H25N3O3/c1-6-19-14(22)11-21-15(23)18(5,20-16(21)24)13-9-7-12(8-10-13)17(2,3)4/h7-10H,6,11H2,1-5H3,(H,19,22)(H,20,24)/t18-/m0/s1. The fraction of sp³-hybridized carbons (Fsp3) is 0.500. The van der Waals surface area contributed by atoms with Crippen LogP contribution in [-0.4, -0.2) is 35.8 Å².